The molecule has 1 saturated heterocycles. The Morgan fingerprint density at radius 3 is 2.04 bits per heavy atom. The van der Waals surface area contributed by atoms with Crippen molar-refractivity contribution in [1.29, 1.82) is 0 Å². The van der Waals surface area contributed by atoms with E-state index in [9.17, 15) is 0 Å². The molecule has 1 N–H and O–H groups in total. The van der Waals surface area contributed by atoms with Crippen LogP contribution in [0.3, 0.4) is 0 Å². The van der Waals surface area contributed by atoms with Gasteiger partial charge in [0.2, 0.25) is 0 Å². The summed E-state index contributed by atoms with van der Waals surface area (Å²) in [5, 5.41) is 8.58. The molecule has 2 fully saturated rings. The molecule has 0 amide bonds. The Bertz CT molecular complexity index is 619. The maximum Gasteiger partial charge on any atom is 0.0555 e. The van der Waals surface area contributed by atoms with E-state index in [4.69, 9.17) is 10.1 Å². The summed E-state index contributed by atoms with van der Waals surface area (Å²) < 4.78 is 1.90. The molecule has 0 spiro atoms. The van der Waals surface area contributed by atoms with Gasteiger partial charge in [0.15, 0.2) is 0 Å². The molecule has 1 aliphatic carbocycles. The van der Waals surface area contributed by atoms with Crippen LogP contribution >= 0.6 is 0 Å². The van der Waals surface area contributed by atoms with Crippen molar-refractivity contribution in [3.63, 3.8) is 0 Å². The van der Waals surface area contributed by atoms with Crippen molar-refractivity contribution < 1.29 is 0 Å². The van der Waals surface area contributed by atoms with Gasteiger partial charge in [0, 0.05) is 30.2 Å². The topological polar surface area (TPSA) is 41.7 Å². The normalized spacial score (nSPS) is 33.3. The highest BCUT2D eigenvalue weighted by Crippen LogP contribution is 2.36. The monoisotopic (exact) mass is 370 g/mol. The van der Waals surface area contributed by atoms with Gasteiger partial charge in [0.05, 0.1) is 11.8 Å². The number of piperidine rings is 1. The highest BCUT2D eigenvalue weighted by Gasteiger charge is 2.32. The molecule has 3 rings (SSSR count). The first-order valence-corrected chi connectivity index (χ1v) is 11.1. The summed E-state index contributed by atoms with van der Waals surface area (Å²) in [4.78, 5) is 5.34. The first-order chi connectivity index (χ1) is 13.1. The molecule has 1 aliphatic heterocycles. The first kappa shape index (κ1) is 20.3. The molecule has 4 unspecified atom stereocenters. The van der Waals surface area contributed by atoms with Gasteiger partial charge in [-0.05, 0) is 69.9 Å². The van der Waals surface area contributed by atoms with Gasteiger partial charge in [-0.3, -0.25) is 4.99 Å². The third-order valence-corrected chi connectivity index (χ3v) is 6.78. The number of hydrogen-bond acceptors (Lipinski definition) is 3. The average Bonchev–Trinajstić information content (AvgIpc) is 3.21. The number of hydrogen-bond donors (Lipinski definition) is 1. The largest absolute Gasteiger partial charge is 0.301 e. The molecule has 2 heterocycles. The average molecular weight is 371 g/mol. The fourth-order valence-corrected chi connectivity index (χ4v) is 5.03. The fraction of sp³-hybridized carbons (Fsp3) is 0.739. The molecule has 4 atom stereocenters. The van der Waals surface area contributed by atoms with Crippen molar-refractivity contribution in [3.8, 4) is 0 Å². The van der Waals surface area contributed by atoms with E-state index in [1.54, 1.807) is 0 Å². The zero-order valence-electron chi connectivity index (χ0n) is 17.7. The second-order valence-electron chi connectivity index (χ2n) is 8.54. The van der Waals surface area contributed by atoms with Crippen LogP contribution in [0.2, 0.25) is 0 Å². The summed E-state index contributed by atoms with van der Waals surface area (Å²) in [7, 11) is 0. The van der Waals surface area contributed by atoms with Crippen LogP contribution in [0.5, 0.6) is 0 Å². The third-order valence-electron chi connectivity index (χ3n) is 6.78. The standard InChI is InChI=1S/C23H38N4/c1-5-19-11-9-12-20(6-2)23(19)24-17(3)21-13-10-14-22(25-21)18(4)26-27-15-7-8-16-27/h7-8,15-16,19-23,25H,5-6,9-14H2,1-4H3/b24-17?,26-18+. The molecule has 4 nitrogen and oxygen atoms in total. The number of nitrogens with one attached hydrogen (secondary N) is 1. The van der Waals surface area contributed by atoms with Crippen molar-refractivity contribution >= 4 is 11.4 Å². The molecule has 1 aromatic heterocycles. The van der Waals surface area contributed by atoms with Crippen LogP contribution in [0, 0.1) is 11.8 Å². The number of rotatable bonds is 6. The molecule has 4 heteroatoms. The molecule has 1 saturated carbocycles. The SMILES string of the molecule is CCC1CCCC(CC)C1N=C(C)C1CCCC(/C(C)=N/n2cccc2)N1. The second kappa shape index (κ2) is 9.68. The summed E-state index contributed by atoms with van der Waals surface area (Å²) in [6.45, 7) is 9.09. The Morgan fingerprint density at radius 1 is 0.889 bits per heavy atom. The summed E-state index contributed by atoms with van der Waals surface area (Å²) in [6.07, 6.45) is 14.2. The minimum absolute atomic E-state index is 0.353. The Balaban J connectivity index is 1.69. The van der Waals surface area contributed by atoms with E-state index >= 15 is 0 Å². The molecular weight excluding hydrogens is 332 g/mol. The highest BCUT2D eigenvalue weighted by molar-refractivity contribution is 5.91. The number of aliphatic imine (C=N–C) groups is 1. The van der Waals surface area contributed by atoms with Crippen LogP contribution in [0.25, 0.3) is 0 Å². The second-order valence-corrected chi connectivity index (χ2v) is 8.54. The van der Waals surface area contributed by atoms with Gasteiger partial charge in [0.1, 0.15) is 0 Å². The van der Waals surface area contributed by atoms with Crippen molar-refractivity contribution in [2.24, 2.45) is 21.9 Å². The fourth-order valence-electron chi connectivity index (χ4n) is 5.03. The number of nitrogens with zero attached hydrogens (tertiary/aromatic N) is 3. The summed E-state index contributed by atoms with van der Waals surface area (Å²) >= 11 is 0. The molecular formula is C23H38N4. The third kappa shape index (κ3) is 5.10. The van der Waals surface area contributed by atoms with E-state index in [0.29, 0.717) is 18.1 Å². The lowest BCUT2D eigenvalue weighted by atomic mass is 9.74. The quantitative estimate of drug-likeness (QED) is 0.679. The van der Waals surface area contributed by atoms with Gasteiger partial charge in [0.25, 0.3) is 0 Å². The van der Waals surface area contributed by atoms with E-state index < -0.39 is 0 Å². The molecule has 1 aromatic rings. The smallest absolute Gasteiger partial charge is 0.0555 e. The van der Waals surface area contributed by atoms with E-state index in [1.807, 2.05) is 29.2 Å². The van der Waals surface area contributed by atoms with Crippen molar-refractivity contribution in [2.75, 3.05) is 0 Å². The highest BCUT2D eigenvalue weighted by atomic mass is 15.3. The van der Waals surface area contributed by atoms with Crippen molar-refractivity contribution in [1.82, 2.24) is 9.99 Å². The molecule has 150 valence electrons. The van der Waals surface area contributed by atoms with E-state index in [2.05, 4.69) is 33.0 Å². The van der Waals surface area contributed by atoms with Crippen LogP contribution in [-0.4, -0.2) is 34.2 Å². The van der Waals surface area contributed by atoms with Gasteiger partial charge in [-0.15, -0.1) is 0 Å². The van der Waals surface area contributed by atoms with E-state index in [-0.39, 0.29) is 0 Å². The van der Waals surface area contributed by atoms with Crippen LogP contribution in [-0.2, 0) is 0 Å². The molecule has 0 radical (unpaired) electrons. The maximum absolute atomic E-state index is 5.34. The molecule has 27 heavy (non-hydrogen) atoms. The van der Waals surface area contributed by atoms with Gasteiger partial charge < -0.3 is 5.32 Å². The van der Waals surface area contributed by atoms with Crippen LogP contribution < -0.4 is 5.32 Å². The lowest BCUT2D eigenvalue weighted by Crippen LogP contribution is -2.49. The van der Waals surface area contributed by atoms with Crippen molar-refractivity contribution in [2.45, 2.75) is 97.2 Å². The van der Waals surface area contributed by atoms with Gasteiger partial charge >= 0.3 is 0 Å². The van der Waals surface area contributed by atoms with Crippen LogP contribution in [0.15, 0.2) is 34.6 Å². The minimum atomic E-state index is 0.353. The van der Waals surface area contributed by atoms with Crippen molar-refractivity contribution in [3.05, 3.63) is 24.5 Å². The molecule has 0 aromatic carbocycles. The zero-order valence-corrected chi connectivity index (χ0v) is 17.7. The van der Waals surface area contributed by atoms with Crippen LogP contribution in [0.4, 0.5) is 0 Å². The summed E-state index contributed by atoms with van der Waals surface area (Å²) in [5.41, 5.74) is 2.48. The predicted molar refractivity (Wildman–Crippen MR) is 116 cm³/mol. The Labute approximate surface area is 165 Å². The Morgan fingerprint density at radius 2 is 1.44 bits per heavy atom. The molecule has 2 aliphatic rings. The lowest BCUT2D eigenvalue weighted by molar-refractivity contribution is 0.211. The number of aromatic nitrogens is 1. The summed E-state index contributed by atoms with van der Waals surface area (Å²) in [5.74, 6) is 1.55. The maximum atomic E-state index is 5.34. The molecule has 0 bridgehead atoms. The Hall–Kier alpha value is -1.42. The first-order valence-electron chi connectivity index (χ1n) is 11.1. The summed E-state index contributed by atoms with van der Waals surface area (Å²) in [6, 6.07) is 5.32. The zero-order chi connectivity index (χ0) is 19.2. The van der Waals surface area contributed by atoms with Crippen LogP contribution in [0.1, 0.15) is 79.1 Å². The van der Waals surface area contributed by atoms with Gasteiger partial charge in [-0.1, -0.05) is 33.1 Å². The lowest BCUT2D eigenvalue weighted by Gasteiger charge is -2.37. The Kier molecular flexibility index (Phi) is 7.28. The van der Waals surface area contributed by atoms with E-state index in [0.717, 1.165) is 11.8 Å². The van der Waals surface area contributed by atoms with Gasteiger partial charge in [-0.2, -0.15) is 5.10 Å². The minimum Gasteiger partial charge on any atom is -0.301 e. The van der Waals surface area contributed by atoms with E-state index in [1.165, 1.54) is 62.8 Å². The predicted octanol–water partition coefficient (Wildman–Crippen LogP) is 5.29. The van der Waals surface area contributed by atoms with Gasteiger partial charge in [-0.25, -0.2) is 4.68 Å².